The van der Waals surface area contributed by atoms with Crippen LogP contribution in [0.1, 0.15) is 39.5 Å². The zero-order valence-electron chi connectivity index (χ0n) is 8.81. The van der Waals surface area contributed by atoms with Gasteiger partial charge in [0.2, 0.25) is 0 Å². The van der Waals surface area contributed by atoms with E-state index in [4.69, 9.17) is 4.74 Å². The molecule has 76 valence electrons. The van der Waals surface area contributed by atoms with Gasteiger partial charge >= 0.3 is 0 Å². The third-order valence-electron chi connectivity index (χ3n) is 3.59. The highest BCUT2D eigenvalue weighted by atomic mass is 16.5. The van der Waals surface area contributed by atoms with Crippen LogP contribution >= 0.6 is 0 Å². The number of ether oxygens (including phenoxy) is 1. The van der Waals surface area contributed by atoms with Crippen molar-refractivity contribution >= 4 is 0 Å². The summed E-state index contributed by atoms with van der Waals surface area (Å²) in [4.78, 5) is 0. The van der Waals surface area contributed by atoms with E-state index < -0.39 is 0 Å². The van der Waals surface area contributed by atoms with Crippen molar-refractivity contribution in [2.24, 2.45) is 5.92 Å². The largest absolute Gasteiger partial charge is 0.378 e. The van der Waals surface area contributed by atoms with E-state index in [1.807, 2.05) is 0 Å². The standard InChI is InChI=1S/C11H21NO/c1-11(2,9-5-3-4-6-9)12-10-7-13-8-10/h9-10,12H,3-8H2,1-2H3. The third kappa shape index (κ3) is 2.05. The molecule has 0 aromatic heterocycles. The topological polar surface area (TPSA) is 21.3 Å². The van der Waals surface area contributed by atoms with Crippen LogP contribution in [0.5, 0.6) is 0 Å². The Bertz CT molecular complexity index is 169. The fraction of sp³-hybridized carbons (Fsp3) is 1.00. The van der Waals surface area contributed by atoms with E-state index in [-0.39, 0.29) is 0 Å². The van der Waals surface area contributed by atoms with Gasteiger partial charge in [-0.05, 0) is 32.6 Å². The molecule has 2 aliphatic rings. The van der Waals surface area contributed by atoms with E-state index in [1.54, 1.807) is 0 Å². The van der Waals surface area contributed by atoms with Gasteiger partial charge in [0, 0.05) is 5.54 Å². The molecule has 0 atom stereocenters. The SMILES string of the molecule is CC(C)(NC1COC1)C1CCCC1. The summed E-state index contributed by atoms with van der Waals surface area (Å²) in [6, 6.07) is 0.621. The van der Waals surface area contributed by atoms with Crippen molar-refractivity contribution in [3.63, 3.8) is 0 Å². The summed E-state index contributed by atoms with van der Waals surface area (Å²) in [7, 11) is 0. The fourth-order valence-corrected chi connectivity index (χ4v) is 2.61. The maximum Gasteiger partial charge on any atom is 0.0643 e. The van der Waals surface area contributed by atoms with Gasteiger partial charge in [0.25, 0.3) is 0 Å². The monoisotopic (exact) mass is 183 g/mol. The molecule has 0 aromatic carbocycles. The zero-order chi connectivity index (χ0) is 9.31. The Kier molecular flexibility index (Phi) is 2.61. The lowest BCUT2D eigenvalue weighted by Gasteiger charge is -2.40. The van der Waals surface area contributed by atoms with Gasteiger partial charge in [-0.2, -0.15) is 0 Å². The summed E-state index contributed by atoms with van der Waals surface area (Å²) < 4.78 is 5.18. The molecule has 0 bridgehead atoms. The van der Waals surface area contributed by atoms with E-state index in [9.17, 15) is 0 Å². The molecular weight excluding hydrogens is 162 g/mol. The van der Waals surface area contributed by atoms with Crippen LogP contribution in [0, 0.1) is 5.92 Å². The van der Waals surface area contributed by atoms with Crippen LogP contribution in [0.3, 0.4) is 0 Å². The van der Waals surface area contributed by atoms with Crippen molar-refractivity contribution < 1.29 is 4.74 Å². The molecule has 1 saturated carbocycles. The highest BCUT2D eigenvalue weighted by molar-refractivity contribution is 4.92. The van der Waals surface area contributed by atoms with Crippen LogP contribution in [0.4, 0.5) is 0 Å². The van der Waals surface area contributed by atoms with Crippen molar-refractivity contribution in [1.82, 2.24) is 5.32 Å². The summed E-state index contributed by atoms with van der Waals surface area (Å²) >= 11 is 0. The molecule has 2 fully saturated rings. The predicted molar refractivity (Wildman–Crippen MR) is 53.8 cm³/mol. The van der Waals surface area contributed by atoms with Gasteiger partial charge in [-0.15, -0.1) is 0 Å². The number of nitrogens with one attached hydrogen (secondary N) is 1. The number of hydrogen-bond donors (Lipinski definition) is 1. The molecule has 0 amide bonds. The van der Waals surface area contributed by atoms with E-state index in [1.165, 1.54) is 25.7 Å². The Hall–Kier alpha value is -0.0800. The summed E-state index contributed by atoms with van der Waals surface area (Å²) in [5.41, 5.74) is 0.324. The minimum atomic E-state index is 0.324. The van der Waals surface area contributed by atoms with E-state index in [2.05, 4.69) is 19.2 Å². The van der Waals surface area contributed by atoms with Crippen LogP contribution in [0.15, 0.2) is 0 Å². The molecule has 2 rings (SSSR count). The molecule has 1 N–H and O–H groups in total. The second kappa shape index (κ2) is 3.58. The molecule has 1 aliphatic carbocycles. The Balaban J connectivity index is 1.85. The molecule has 1 aliphatic heterocycles. The molecule has 2 heteroatoms. The van der Waals surface area contributed by atoms with Gasteiger partial charge in [0.1, 0.15) is 0 Å². The van der Waals surface area contributed by atoms with Gasteiger partial charge in [-0.1, -0.05) is 12.8 Å². The maximum atomic E-state index is 5.18. The average molecular weight is 183 g/mol. The van der Waals surface area contributed by atoms with Crippen LogP contribution in [-0.2, 0) is 4.74 Å². The molecule has 0 unspecified atom stereocenters. The summed E-state index contributed by atoms with van der Waals surface area (Å²) in [6.07, 6.45) is 5.68. The zero-order valence-corrected chi connectivity index (χ0v) is 8.81. The molecular formula is C11H21NO. The minimum Gasteiger partial charge on any atom is -0.378 e. The fourth-order valence-electron chi connectivity index (χ4n) is 2.61. The molecule has 13 heavy (non-hydrogen) atoms. The molecule has 0 spiro atoms. The van der Waals surface area contributed by atoms with E-state index >= 15 is 0 Å². The highest BCUT2D eigenvalue weighted by Crippen LogP contribution is 2.34. The minimum absolute atomic E-state index is 0.324. The first-order valence-electron chi connectivity index (χ1n) is 5.54. The second-order valence-electron chi connectivity index (χ2n) is 5.08. The quantitative estimate of drug-likeness (QED) is 0.722. The second-order valence-corrected chi connectivity index (χ2v) is 5.08. The van der Waals surface area contributed by atoms with Crippen molar-refractivity contribution in [2.45, 2.75) is 51.1 Å². The molecule has 0 aromatic rings. The normalized spacial score (nSPS) is 26.3. The average Bonchev–Trinajstić information content (AvgIpc) is 2.49. The van der Waals surface area contributed by atoms with Gasteiger partial charge in [0.05, 0.1) is 19.3 Å². The Morgan fingerprint density at radius 1 is 1.15 bits per heavy atom. The van der Waals surface area contributed by atoms with Gasteiger partial charge in [-0.3, -0.25) is 0 Å². The molecule has 0 radical (unpaired) electrons. The first kappa shape index (κ1) is 9.47. The van der Waals surface area contributed by atoms with Gasteiger partial charge in [-0.25, -0.2) is 0 Å². The van der Waals surface area contributed by atoms with Crippen LogP contribution in [0.2, 0.25) is 0 Å². The van der Waals surface area contributed by atoms with Gasteiger partial charge in [0.15, 0.2) is 0 Å². The van der Waals surface area contributed by atoms with Crippen molar-refractivity contribution in [3.8, 4) is 0 Å². The van der Waals surface area contributed by atoms with Crippen LogP contribution < -0.4 is 5.32 Å². The smallest absolute Gasteiger partial charge is 0.0643 e. The van der Waals surface area contributed by atoms with Gasteiger partial charge < -0.3 is 10.1 Å². The Morgan fingerprint density at radius 2 is 1.77 bits per heavy atom. The summed E-state index contributed by atoms with van der Waals surface area (Å²) in [5, 5.41) is 3.71. The number of hydrogen-bond acceptors (Lipinski definition) is 2. The van der Waals surface area contributed by atoms with Crippen molar-refractivity contribution in [1.29, 1.82) is 0 Å². The Morgan fingerprint density at radius 3 is 2.23 bits per heavy atom. The van der Waals surface area contributed by atoms with Crippen molar-refractivity contribution in [3.05, 3.63) is 0 Å². The highest BCUT2D eigenvalue weighted by Gasteiger charge is 2.34. The van der Waals surface area contributed by atoms with E-state index in [0.29, 0.717) is 11.6 Å². The lowest BCUT2D eigenvalue weighted by Crippen LogP contribution is -2.57. The molecule has 2 nitrogen and oxygen atoms in total. The lowest BCUT2D eigenvalue weighted by molar-refractivity contribution is -0.0221. The summed E-state index contributed by atoms with van der Waals surface area (Å²) in [6.45, 7) is 6.52. The lowest BCUT2D eigenvalue weighted by atomic mass is 9.85. The van der Waals surface area contributed by atoms with Crippen LogP contribution in [-0.4, -0.2) is 24.8 Å². The first-order valence-corrected chi connectivity index (χ1v) is 5.54. The first-order chi connectivity index (χ1) is 6.18. The third-order valence-corrected chi connectivity index (χ3v) is 3.59. The molecule has 1 saturated heterocycles. The Labute approximate surface area is 81.0 Å². The van der Waals surface area contributed by atoms with Crippen LogP contribution in [0.25, 0.3) is 0 Å². The predicted octanol–water partition coefficient (Wildman–Crippen LogP) is 1.94. The maximum absolute atomic E-state index is 5.18. The van der Waals surface area contributed by atoms with E-state index in [0.717, 1.165) is 19.1 Å². The molecule has 1 heterocycles. The number of rotatable bonds is 3. The summed E-state index contributed by atoms with van der Waals surface area (Å²) in [5.74, 6) is 0.882. The van der Waals surface area contributed by atoms with Crippen molar-refractivity contribution in [2.75, 3.05) is 13.2 Å².